The third-order valence-corrected chi connectivity index (χ3v) is 5.67. The second-order valence-corrected chi connectivity index (χ2v) is 8.14. The third kappa shape index (κ3) is 6.33. The summed E-state index contributed by atoms with van der Waals surface area (Å²) in [6.45, 7) is -0.468. The van der Waals surface area contributed by atoms with Crippen LogP contribution in [0.5, 0.6) is 5.75 Å². The number of aromatic nitrogens is 3. The molecular formula is C25H22N5O4S+. The van der Waals surface area contributed by atoms with Crippen LogP contribution in [-0.4, -0.2) is 45.8 Å². The highest BCUT2D eigenvalue weighted by Crippen LogP contribution is 2.20. The topological polar surface area (TPSA) is 121 Å². The summed E-state index contributed by atoms with van der Waals surface area (Å²) in [5.41, 5.74) is 4.91. The van der Waals surface area contributed by atoms with E-state index in [9.17, 15) is 9.59 Å². The SMILES string of the molecule is O=C(O)COc1ccccc1C=NNC(=O)CSc1n[nH]c(-c2ccccc2)[n+]1-c1ccccc1. The van der Waals surface area contributed by atoms with Crippen LogP contribution in [0.2, 0.25) is 0 Å². The number of carboxylic acid groups (broad SMARTS) is 1. The molecule has 0 fully saturated rings. The van der Waals surface area contributed by atoms with Crippen molar-refractivity contribution in [3.05, 3.63) is 90.5 Å². The van der Waals surface area contributed by atoms with Gasteiger partial charge in [-0.15, -0.1) is 5.10 Å². The van der Waals surface area contributed by atoms with Crippen molar-refractivity contribution in [3.63, 3.8) is 0 Å². The van der Waals surface area contributed by atoms with Gasteiger partial charge in [0.05, 0.1) is 22.6 Å². The number of H-pyrrole nitrogens is 1. The van der Waals surface area contributed by atoms with Gasteiger partial charge in [-0.3, -0.25) is 4.79 Å². The molecule has 1 amide bonds. The minimum absolute atomic E-state index is 0.0837. The number of hydrogen-bond donors (Lipinski definition) is 3. The number of hydrazone groups is 1. The van der Waals surface area contributed by atoms with Crippen molar-refractivity contribution in [2.45, 2.75) is 5.16 Å². The van der Waals surface area contributed by atoms with Crippen molar-refractivity contribution in [2.24, 2.45) is 5.10 Å². The smallest absolute Gasteiger partial charge is 0.342 e. The van der Waals surface area contributed by atoms with Gasteiger partial charge in [-0.2, -0.15) is 9.67 Å². The van der Waals surface area contributed by atoms with Crippen molar-refractivity contribution >= 4 is 29.9 Å². The zero-order chi connectivity index (χ0) is 24.5. The van der Waals surface area contributed by atoms with Gasteiger partial charge in [0.1, 0.15) is 11.4 Å². The summed E-state index contributed by atoms with van der Waals surface area (Å²) in [6.07, 6.45) is 1.41. The van der Waals surface area contributed by atoms with Gasteiger partial charge in [0.25, 0.3) is 11.7 Å². The van der Waals surface area contributed by atoms with E-state index in [1.165, 1.54) is 18.0 Å². The minimum Gasteiger partial charge on any atom is -0.481 e. The predicted molar refractivity (Wildman–Crippen MR) is 132 cm³/mol. The summed E-state index contributed by atoms with van der Waals surface area (Å²) < 4.78 is 7.20. The minimum atomic E-state index is -1.08. The molecule has 0 spiro atoms. The molecule has 1 heterocycles. The highest BCUT2D eigenvalue weighted by molar-refractivity contribution is 7.99. The number of hydrogen-bond acceptors (Lipinski definition) is 6. The Morgan fingerprint density at radius 3 is 2.46 bits per heavy atom. The van der Waals surface area contributed by atoms with E-state index in [-0.39, 0.29) is 11.7 Å². The number of amides is 1. The molecule has 4 rings (SSSR count). The molecule has 0 saturated carbocycles. The van der Waals surface area contributed by atoms with Gasteiger partial charge in [0, 0.05) is 5.56 Å². The second-order valence-electron chi connectivity index (χ2n) is 7.19. The van der Waals surface area contributed by atoms with Crippen LogP contribution in [0.15, 0.2) is 95.2 Å². The van der Waals surface area contributed by atoms with E-state index in [1.54, 1.807) is 24.3 Å². The maximum atomic E-state index is 12.4. The second kappa shape index (κ2) is 11.6. The van der Waals surface area contributed by atoms with Crippen molar-refractivity contribution in [2.75, 3.05) is 12.4 Å². The molecule has 3 aromatic carbocycles. The van der Waals surface area contributed by atoms with E-state index in [0.29, 0.717) is 16.5 Å². The predicted octanol–water partition coefficient (Wildman–Crippen LogP) is 3.06. The molecule has 0 unspecified atom stereocenters. The molecular weight excluding hydrogens is 466 g/mol. The molecule has 9 nitrogen and oxygen atoms in total. The summed E-state index contributed by atoms with van der Waals surface area (Å²) >= 11 is 1.27. The fourth-order valence-corrected chi connectivity index (χ4v) is 3.95. The van der Waals surface area contributed by atoms with Crippen LogP contribution in [0.1, 0.15) is 5.56 Å². The zero-order valence-corrected chi connectivity index (χ0v) is 19.3. The number of aromatic amines is 1. The number of nitrogens with one attached hydrogen (secondary N) is 2. The molecule has 4 aromatic rings. The molecule has 0 aliphatic heterocycles. The lowest BCUT2D eigenvalue weighted by Crippen LogP contribution is -2.34. The Morgan fingerprint density at radius 2 is 1.71 bits per heavy atom. The molecule has 0 atom stereocenters. The first-order chi connectivity index (χ1) is 17.1. The Bertz CT molecular complexity index is 1330. The molecule has 0 saturated heterocycles. The van der Waals surface area contributed by atoms with Crippen molar-refractivity contribution in [3.8, 4) is 22.8 Å². The highest BCUT2D eigenvalue weighted by Gasteiger charge is 2.24. The van der Waals surface area contributed by atoms with Gasteiger partial charge in [-0.25, -0.2) is 10.2 Å². The Morgan fingerprint density at radius 1 is 1.03 bits per heavy atom. The highest BCUT2D eigenvalue weighted by atomic mass is 32.2. The quantitative estimate of drug-likeness (QED) is 0.137. The van der Waals surface area contributed by atoms with Crippen LogP contribution < -0.4 is 14.7 Å². The molecule has 176 valence electrons. The van der Waals surface area contributed by atoms with Crippen LogP contribution in [0, 0.1) is 0 Å². The number of carbonyl (C=O) groups excluding carboxylic acids is 1. The maximum Gasteiger partial charge on any atom is 0.342 e. The summed E-state index contributed by atoms with van der Waals surface area (Å²) in [6, 6.07) is 26.4. The summed E-state index contributed by atoms with van der Waals surface area (Å²) in [5, 5.41) is 20.9. The van der Waals surface area contributed by atoms with Crippen LogP contribution >= 0.6 is 11.8 Å². The van der Waals surface area contributed by atoms with Crippen molar-refractivity contribution in [1.29, 1.82) is 0 Å². The standard InChI is InChI=1S/C25H21N5O4S/c31-22(27-26-15-19-11-7-8-14-21(19)34-16-23(32)33)17-35-25-29-28-24(18-9-3-1-4-10-18)30(25)20-12-5-2-6-13-20/h1-15H,16-17H2,(H2,27,31,32,33)/p+1. The first-order valence-corrected chi connectivity index (χ1v) is 11.6. The number of para-hydroxylation sites is 2. The lowest BCUT2D eigenvalue weighted by Gasteiger charge is -2.06. The van der Waals surface area contributed by atoms with E-state index in [4.69, 9.17) is 9.84 Å². The van der Waals surface area contributed by atoms with E-state index in [0.717, 1.165) is 17.1 Å². The Hall–Kier alpha value is -4.44. The molecule has 10 heteroatoms. The third-order valence-electron chi connectivity index (χ3n) is 4.73. The van der Waals surface area contributed by atoms with Crippen molar-refractivity contribution < 1.29 is 24.0 Å². The zero-order valence-electron chi connectivity index (χ0n) is 18.5. The molecule has 0 aliphatic carbocycles. The average Bonchev–Trinajstić information content (AvgIpc) is 3.32. The van der Waals surface area contributed by atoms with Gasteiger partial charge in [-0.05, 0) is 48.2 Å². The molecule has 0 aliphatic rings. The number of ether oxygens (including phenoxy) is 1. The first-order valence-electron chi connectivity index (χ1n) is 10.6. The van der Waals surface area contributed by atoms with Gasteiger partial charge < -0.3 is 9.84 Å². The fraction of sp³-hybridized carbons (Fsp3) is 0.0800. The van der Waals surface area contributed by atoms with Crippen LogP contribution in [-0.2, 0) is 9.59 Å². The number of benzene rings is 3. The lowest BCUT2D eigenvalue weighted by atomic mass is 10.2. The summed E-state index contributed by atoms with van der Waals surface area (Å²) in [7, 11) is 0. The molecule has 35 heavy (non-hydrogen) atoms. The number of thioether (sulfide) groups is 1. The monoisotopic (exact) mass is 488 g/mol. The van der Waals surface area contributed by atoms with Gasteiger partial charge in [-0.1, -0.05) is 48.5 Å². The Labute approximate surface area is 205 Å². The molecule has 0 radical (unpaired) electrons. The number of nitrogens with zero attached hydrogens (tertiary/aromatic N) is 3. The van der Waals surface area contributed by atoms with E-state index >= 15 is 0 Å². The fourth-order valence-electron chi connectivity index (χ4n) is 3.19. The van der Waals surface area contributed by atoms with E-state index in [1.807, 2.05) is 65.2 Å². The normalized spacial score (nSPS) is 10.9. The first kappa shape index (κ1) is 23.7. The molecule has 3 N–H and O–H groups in total. The number of carbonyl (C=O) groups is 2. The lowest BCUT2D eigenvalue weighted by molar-refractivity contribution is -0.625. The average molecular weight is 489 g/mol. The van der Waals surface area contributed by atoms with Crippen molar-refractivity contribution in [1.82, 2.24) is 15.6 Å². The van der Waals surface area contributed by atoms with Gasteiger partial charge in [0.2, 0.25) is 0 Å². The largest absolute Gasteiger partial charge is 0.481 e. The van der Waals surface area contributed by atoms with E-state index < -0.39 is 12.6 Å². The van der Waals surface area contributed by atoms with Crippen LogP contribution in [0.25, 0.3) is 17.1 Å². The van der Waals surface area contributed by atoms with E-state index in [2.05, 4.69) is 20.7 Å². The number of rotatable bonds is 10. The Balaban J connectivity index is 1.44. The maximum absolute atomic E-state index is 12.4. The molecule has 1 aromatic heterocycles. The summed E-state index contributed by atoms with van der Waals surface area (Å²) in [4.78, 5) is 23.2. The van der Waals surface area contributed by atoms with Gasteiger partial charge >= 0.3 is 11.1 Å². The number of carboxylic acids is 1. The van der Waals surface area contributed by atoms with Crippen LogP contribution in [0.4, 0.5) is 0 Å². The number of aliphatic carboxylic acids is 1. The van der Waals surface area contributed by atoms with Crippen LogP contribution in [0.3, 0.4) is 0 Å². The summed E-state index contributed by atoms with van der Waals surface area (Å²) in [5.74, 6) is -0.157. The Kier molecular flexibility index (Phi) is 7.87. The molecule has 0 bridgehead atoms. The van der Waals surface area contributed by atoms with Gasteiger partial charge in [0.15, 0.2) is 6.61 Å².